The average molecular weight is 493 g/mol. The number of amides is 3. The molecule has 0 saturated carbocycles. The van der Waals surface area contributed by atoms with Gasteiger partial charge < -0.3 is 15.4 Å². The van der Waals surface area contributed by atoms with Gasteiger partial charge in [0.15, 0.2) is 0 Å². The van der Waals surface area contributed by atoms with Crippen LogP contribution in [0.2, 0.25) is 0 Å². The van der Waals surface area contributed by atoms with Gasteiger partial charge in [0.05, 0.1) is 17.5 Å². The molecule has 0 radical (unpaired) electrons. The molecule has 3 N–H and O–H groups in total. The van der Waals surface area contributed by atoms with Crippen LogP contribution in [0.3, 0.4) is 0 Å². The molecule has 37 heavy (non-hydrogen) atoms. The highest BCUT2D eigenvalue weighted by atomic mass is 16.5. The van der Waals surface area contributed by atoms with Crippen LogP contribution >= 0.6 is 0 Å². The number of anilines is 2. The van der Waals surface area contributed by atoms with Crippen molar-refractivity contribution in [1.29, 1.82) is 0 Å². The van der Waals surface area contributed by atoms with E-state index < -0.39 is 17.7 Å². The van der Waals surface area contributed by atoms with Crippen molar-refractivity contribution in [2.75, 3.05) is 10.6 Å². The standard InChI is InChI=1S/C29H24N4O4/c1-20-14-16-22(17-15-20)31-27(34)25-12-5-6-13-26(25)32-28(35)29(36)33-30-19-21-8-7-11-24(18-21)37-23-9-3-2-4-10-23/h2-19H,1H3,(H,31,34)(H,32,35)(H,33,36)/b30-19+. The molecule has 0 aliphatic carbocycles. The molecule has 4 rings (SSSR count). The maximum absolute atomic E-state index is 12.7. The third-order valence-corrected chi connectivity index (χ3v) is 5.15. The van der Waals surface area contributed by atoms with Crippen LogP contribution in [0.4, 0.5) is 11.4 Å². The van der Waals surface area contributed by atoms with Gasteiger partial charge in [-0.05, 0) is 61.0 Å². The number of rotatable bonds is 7. The first-order chi connectivity index (χ1) is 18.0. The van der Waals surface area contributed by atoms with Crippen LogP contribution in [0.1, 0.15) is 21.5 Å². The fourth-order valence-corrected chi connectivity index (χ4v) is 3.30. The molecule has 0 saturated heterocycles. The lowest BCUT2D eigenvalue weighted by Crippen LogP contribution is -2.33. The highest BCUT2D eigenvalue weighted by Crippen LogP contribution is 2.21. The van der Waals surface area contributed by atoms with E-state index >= 15 is 0 Å². The van der Waals surface area contributed by atoms with E-state index in [0.29, 0.717) is 22.7 Å². The maximum Gasteiger partial charge on any atom is 0.329 e. The summed E-state index contributed by atoms with van der Waals surface area (Å²) in [5.41, 5.74) is 4.93. The largest absolute Gasteiger partial charge is 0.457 e. The van der Waals surface area contributed by atoms with Crippen LogP contribution in [0.5, 0.6) is 11.5 Å². The van der Waals surface area contributed by atoms with Crippen molar-refractivity contribution < 1.29 is 19.1 Å². The lowest BCUT2D eigenvalue weighted by atomic mass is 10.1. The van der Waals surface area contributed by atoms with Crippen LogP contribution in [0, 0.1) is 6.92 Å². The molecule has 3 amide bonds. The summed E-state index contributed by atoms with van der Waals surface area (Å²) in [6, 6.07) is 30.1. The van der Waals surface area contributed by atoms with Crippen LogP contribution < -0.4 is 20.8 Å². The second kappa shape index (κ2) is 11.9. The monoisotopic (exact) mass is 492 g/mol. The van der Waals surface area contributed by atoms with Crippen LogP contribution in [-0.2, 0) is 9.59 Å². The number of benzene rings is 4. The predicted octanol–water partition coefficient (Wildman–Crippen LogP) is 5.13. The van der Waals surface area contributed by atoms with Gasteiger partial charge in [-0.15, -0.1) is 0 Å². The number of carbonyl (C=O) groups excluding carboxylic acids is 3. The molecule has 0 aliphatic heterocycles. The molecule has 4 aromatic carbocycles. The average Bonchev–Trinajstić information content (AvgIpc) is 2.91. The van der Waals surface area contributed by atoms with Crippen molar-refractivity contribution in [1.82, 2.24) is 5.43 Å². The third-order valence-electron chi connectivity index (χ3n) is 5.15. The Labute approximate surface area is 214 Å². The molecule has 0 aliphatic rings. The van der Waals surface area contributed by atoms with E-state index in [2.05, 4.69) is 21.2 Å². The molecule has 0 heterocycles. The number of hydrogen-bond donors (Lipinski definition) is 3. The topological polar surface area (TPSA) is 109 Å². The first kappa shape index (κ1) is 24.9. The maximum atomic E-state index is 12.7. The Hall–Kier alpha value is -5.24. The zero-order valence-electron chi connectivity index (χ0n) is 20.0. The number of hydrazone groups is 1. The molecule has 0 fully saturated rings. The minimum Gasteiger partial charge on any atom is -0.457 e. The first-order valence-corrected chi connectivity index (χ1v) is 11.4. The Kier molecular flexibility index (Phi) is 8.03. The number of aryl methyl sites for hydroxylation is 1. The van der Waals surface area contributed by atoms with Crippen molar-refractivity contribution in [2.45, 2.75) is 6.92 Å². The molecule has 0 bridgehead atoms. The number of nitrogens with zero attached hydrogens (tertiary/aromatic N) is 1. The van der Waals surface area contributed by atoms with Crippen molar-refractivity contribution in [2.24, 2.45) is 5.10 Å². The Balaban J connectivity index is 1.35. The normalized spacial score (nSPS) is 10.5. The second-order valence-electron chi connectivity index (χ2n) is 8.01. The highest BCUT2D eigenvalue weighted by molar-refractivity contribution is 6.40. The molecule has 8 heteroatoms. The lowest BCUT2D eigenvalue weighted by molar-refractivity contribution is -0.136. The fraction of sp³-hybridized carbons (Fsp3) is 0.0345. The Morgan fingerprint density at radius 2 is 1.43 bits per heavy atom. The van der Waals surface area contributed by atoms with Crippen LogP contribution in [0.15, 0.2) is 108 Å². The fourth-order valence-electron chi connectivity index (χ4n) is 3.30. The number of carbonyl (C=O) groups is 3. The van der Waals surface area contributed by atoms with Crippen molar-refractivity contribution in [3.63, 3.8) is 0 Å². The SMILES string of the molecule is Cc1ccc(NC(=O)c2ccccc2NC(=O)C(=O)N/N=C/c2cccc(Oc3ccccc3)c2)cc1. The van der Waals surface area contributed by atoms with E-state index in [4.69, 9.17) is 4.74 Å². The van der Waals surface area contributed by atoms with Crippen molar-refractivity contribution in [3.05, 3.63) is 120 Å². The first-order valence-electron chi connectivity index (χ1n) is 11.4. The minimum atomic E-state index is -0.985. The van der Waals surface area contributed by atoms with E-state index in [1.165, 1.54) is 12.3 Å². The quantitative estimate of drug-likeness (QED) is 0.189. The molecular weight excluding hydrogens is 468 g/mol. The summed E-state index contributed by atoms with van der Waals surface area (Å²) < 4.78 is 5.78. The minimum absolute atomic E-state index is 0.196. The predicted molar refractivity (Wildman–Crippen MR) is 143 cm³/mol. The summed E-state index contributed by atoms with van der Waals surface area (Å²) in [5, 5.41) is 9.09. The zero-order chi connectivity index (χ0) is 26.0. The number of para-hydroxylation sites is 2. The zero-order valence-corrected chi connectivity index (χ0v) is 20.0. The molecule has 184 valence electrons. The van der Waals surface area contributed by atoms with E-state index in [-0.39, 0.29) is 11.3 Å². The summed E-state index contributed by atoms with van der Waals surface area (Å²) in [7, 11) is 0. The Morgan fingerprint density at radius 3 is 2.22 bits per heavy atom. The summed E-state index contributed by atoms with van der Waals surface area (Å²) in [6.45, 7) is 1.95. The van der Waals surface area contributed by atoms with Gasteiger partial charge in [0.1, 0.15) is 11.5 Å². The molecule has 8 nitrogen and oxygen atoms in total. The summed E-state index contributed by atoms with van der Waals surface area (Å²) in [6.07, 6.45) is 1.39. The lowest BCUT2D eigenvalue weighted by Gasteiger charge is -2.11. The number of ether oxygens (including phenoxy) is 1. The van der Waals surface area contributed by atoms with Gasteiger partial charge >= 0.3 is 11.8 Å². The van der Waals surface area contributed by atoms with E-state index in [1.807, 2.05) is 49.4 Å². The van der Waals surface area contributed by atoms with Gasteiger partial charge in [0.25, 0.3) is 5.91 Å². The number of hydrogen-bond acceptors (Lipinski definition) is 5. The van der Waals surface area contributed by atoms with Crippen molar-refractivity contribution >= 4 is 35.3 Å². The smallest absolute Gasteiger partial charge is 0.329 e. The van der Waals surface area contributed by atoms with E-state index in [1.54, 1.807) is 54.6 Å². The summed E-state index contributed by atoms with van der Waals surface area (Å²) in [4.78, 5) is 37.5. The molecule has 0 spiro atoms. The van der Waals surface area contributed by atoms with Gasteiger partial charge in [0, 0.05) is 5.69 Å². The molecular formula is C29H24N4O4. The van der Waals surface area contributed by atoms with E-state index in [0.717, 1.165) is 5.56 Å². The van der Waals surface area contributed by atoms with Crippen LogP contribution in [-0.4, -0.2) is 23.9 Å². The van der Waals surface area contributed by atoms with Gasteiger partial charge in [-0.3, -0.25) is 14.4 Å². The third kappa shape index (κ3) is 7.12. The Bertz CT molecular complexity index is 1430. The van der Waals surface area contributed by atoms with E-state index in [9.17, 15) is 14.4 Å². The highest BCUT2D eigenvalue weighted by Gasteiger charge is 2.17. The Morgan fingerprint density at radius 1 is 0.730 bits per heavy atom. The second-order valence-corrected chi connectivity index (χ2v) is 8.01. The van der Waals surface area contributed by atoms with Gasteiger partial charge in [-0.2, -0.15) is 5.10 Å². The molecule has 0 aromatic heterocycles. The van der Waals surface area contributed by atoms with Gasteiger partial charge in [-0.25, -0.2) is 5.43 Å². The van der Waals surface area contributed by atoms with Crippen molar-refractivity contribution in [3.8, 4) is 11.5 Å². The molecule has 0 unspecified atom stereocenters. The summed E-state index contributed by atoms with van der Waals surface area (Å²) >= 11 is 0. The molecule has 0 atom stereocenters. The molecule has 4 aromatic rings. The summed E-state index contributed by atoms with van der Waals surface area (Å²) in [5.74, 6) is -1.08. The van der Waals surface area contributed by atoms with Gasteiger partial charge in [0.2, 0.25) is 0 Å². The number of nitrogens with one attached hydrogen (secondary N) is 3. The van der Waals surface area contributed by atoms with Gasteiger partial charge in [-0.1, -0.05) is 60.2 Å². The van der Waals surface area contributed by atoms with Crippen LogP contribution in [0.25, 0.3) is 0 Å².